The highest BCUT2D eigenvalue weighted by atomic mass is 32.2. The Morgan fingerprint density at radius 1 is 1.37 bits per heavy atom. The van der Waals surface area contributed by atoms with Crippen molar-refractivity contribution in [1.82, 2.24) is 0 Å². The third kappa shape index (κ3) is 9.86. The summed E-state index contributed by atoms with van der Waals surface area (Å²) in [6, 6.07) is 0. The first-order valence-electron chi connectivity index (χ1n) is 6.32. The van der Waals surface area contributed by atoms with Crippen LogP contribution in [0, 0.1) is 11.8 Å². The van der Waals surface area contributed by atoms with E-state index in [1.807, 2.05) is 6.92 Å². The first-order valence-corrected chi connectivity index (χ1v) is 7.93. The molecule has 0 aliphatic carbocycles. The zero-order valence-electron chi connectivity index (χ0n) is 12.0. The molecular weight excluding hydrogens is 270 g/mol. The van der Waals surface area contributed by atoms with E-state index in [4.69, 9.17) is 15.0 Å². The van der Waals surface area contributed by atoms with Crippen molar-refractivity contribution in [3.8, 4) is 0 Å². The Balaban J connectivity index is 4.36. The number of hydrogen-bond donors (Lipinski definition) is 2. The van der Waals surface area contributed by atoms with Gasteiger partial charge < -0.3 is 10.5 Å². The van der Waals surface area contributed by atoms with Crippen LogP contribution in [0.15, 0.2) is 0 Å². The van der Waals surface area contributed by atoms with Gasteiger partial charge in [-0.3, -0.25) is 9.35 Å². The Morgan fingerprint density at radius 2 is 1.89 bits per heavy atom. The van der Waals surface area contributed by atoms with Crippen LogP contribution in [0.1, 0.15) is 40.5 Å². The zero-order chi connectivity index (χ0) is 15.3. The number of nitrogens with two attached hydrogens (primary N) is 1. The standard InChI is InChI=1S/C12H25NO5S/c1-9(5-6-19(15,16)17)7-10(8-13)11(14)18-12(2,3)4/h9-10H,5-8,13H2,1-4H3,(H,15,16,17)/t9-,10+/m1/s1. The van der Waals surface area contributed by atoms with E-state index in [0.29, 0.717) is 6.42 Å². The third-order valence-corrected chi connectivity index (χ3v) is 3.33. The Bertz CT molecular complexity index is 385. The average Bonchev–Trinajstić information content (AvgIpc) is 2.19. The summed E-state index contributed by atoms with van der Waals surface area (Å²) in [7, 11) is -3.96. The summed E-state index contributed by atoms with van der Waals surface area (Å²) in [6.45, 7) is 7.31. The van der Waals surface area contributed by atoms with Crippen molar-refractivity contribution >= 4 is 16.1 Å². The molecule has 0 saturated carbocycles. The van der Waals surface area contributed by atoms with Gasteiger partial charge in [0.2, 0.25) is 0 Å². The first kappa shape index (κ1) is 18.3. The second kappa shape index (κ2) is 7.21. The maximum absolute atomic E-state index is 11.9. The Hall–Kier alpha value is -0.660. The van der Waals surface area contributed by atoms with Crippen molar-refractivity contribution < 1.29 is 22.5 Å². The predicted molar refractivity (Wildman–Crippen MR) is 73.2 cm³/mol. The lowest BCUT2D eigenvalue weighted by Gasteiger charge is -2.24. The fourth-order valence-corrected chi connectivity index (χ4v) is 2.33. The van der Waals surface area contributed by atoms with Crippen LogP contribution in [0.2, 0.25) is 0 Å². The highest BCUT2D eigenvalue weighted by Crippen LogP contribution is 2.19. The molecule has 6 nitrogen and oxygen atoms in total. The fourth-order valence-electron chi connectivity index (χ4n) is 1.63. The minimum absolute atomic E-state index is 0.0389. The number of carbonyl (C=O) groups is 1. The minimum atomic E-state index is -3.96. The smallest absolute Gasteiger partial charge is 0.310 e. The van der Waals surface area contributed by atoms with Gasteiger partial charge in [-0.1, -0.05) is 6.92 Å². The van der Waals surface area contributed by atoms with E-state index in [9.17, 15) is 13.2 Å². The van der Waals surface area contributed by atoms with Crippen LogP contribution in [0.3, 0.4) is 0 Å². The molecule has 3 N–H and O–H groups in total. The quantitative estimate of drug-likeness (QED) is 0.540. The van der Waals surface area contributed by atoms with Gasteiger partial charge in [-0.2, -0.15) is 8.42 Å². The topological polar surface area (TPSA) is 107 Å². The van der Waals surface area contributed by atoms with Gasteiger partial charge in [-0.25, -0.2) is 0 Å². The highest BCUT2D eigenvalue weighted by Gasteiger charge is 2.26. The lowest BCUT2D eigenvalue weighted by Crippen LogP contribution is -2.33. The van der Waals surface area contributed by atoms with Gasteiger partial charge in [0.05, 0.1) is 11.7 Å². The molecule has 0 aliphatic heterocycles. The lowest BCUT2D eigenvalue weighted by molar-refractivity contribution is -0.160. The van der Waals surface area contributed by atoms with Crippen LogP contribution in [-0.4, -0.2) is 36.8 Å². The second-order valence-electron chi connectivity index (χ2n) is 5.88. The Kier molecular flexibility index (Phi) is 6.96. The van der Waals surface area contributed by atoms with Crippen molar-refractivity contribution in [2.75, 3.05) is 12.3 Å². The van der Waals surface area contributed by atoms with Crippen molar-refractivity contribution in [2.24, 2.45) is 17.6 Å². The molecule has 0 spiro atoms. The van der Waals surface area contributed by atoms with Gasteiger partial charge in [0.15, 0.2) is 0 Å². The summed E-state index contributed by atoms with van der Waals surface area (Å²) in [5.74, 6) is -1.16. The average molecular weight is 295 g/mol. The van der Waals surface area contributed by atoms with E-state index in [1.54, 1.807) is 20.8 Å². The van der Waals surface area contributed by atoms with Crippen LogP contribution < -0.4 is 5.73 Å². The molecule has 0 aliphatic rings. The number of esters is 1. The summed E-state index contributed by atoms with van der Waals surface area (Å²) in [5.41, 5.74) is 4.99. The second-order valence-corrected chi connectivity index (χ2v) is 7.45. The predicted octanol–water partition coefficient (Wildman–Crippen LogP) is 1.21. The normalized spacial score (nSPS) is 15.9. The van der Waals surface area contributed by atoms with Gasteiger partial charge in [0, 0.05) is 6.54 Å². The molecule has 0 unspecified atom stereocenters. The van der Waals surface area contributed by atoms with Gasteiger partial charge in [0.1, 0.15) is 5.60 Å². The Morgan fingerprint density at radius 3 is 2.26 bits per heavy atom. The lowest BCUT2D eigenvalue weighted by atomic mass is 9.94. The fraction of sp³-hybridized carbons (Fsp3) is 0.917. The van der Waals surface area contributed by atoms with Gasteiger partial charge in [0.25, 0.3) is 10.1 Å². The van der Waals surface area contributed by atoms with Crippen LogP contribution in [0.25, 0.3) is 0 Å². The van der Waals surface area contributed by atoms with Crippen molar-refractivity contribution in [3.63, 3.8) is 0 Å². The van der Waals surface area contributed by atoms with Gasteiger partial charge in [-0.05, 0) is 39.5 Å². The van der Waals surface area contributed by atoms with E-state index < -0.39 is 21.6 Å². The van der Waals surface area contributed by atoms with Gasteiger partial charge >= 0.3 is 5.97 Å². The molecule has 0 aromatic heterocycles. The van der Waals surface area contributed by atoms with Crippen molar-refractivity contribution in [2.45, 2.75) is 46.1 Å². The molecule has 7 heteroatoms. The molecule has 0 amide bonds. The van der Waals surface area contributed by atoms with E-state index >= 15 is 0 Å². The maximum Gasteiger partial charge on any atom is 0.310 e. The SMILES string of the molecule is C[C@H](CCS(=O)(=O)O)C[C@@H](CN)C(=O)OC(C)(C)C. The first-order chi connectivity index (χ1) is 8.44. The van der Waals surface area contributed by atoms with E-state index in [2.05, 4.69) is 0 Å². The van der Waals surface area contributed by atoms with Crippen LogP contribution in [0.4, 0.5) is 0 Å². The Labute approximate surface area is 115 Å². The van der Waals surface area contributed by atoms with Crippen molar-refractivity contribution in [3.05, 3.63) is 0 Å². The monoisotopic (exact) mass is 295 g/mol. The number of rotatable bonds is 7. The molecule has 0 fully saturated rings. The zero-order valence-corrected chi connectivity index (χ0v) is 12.9. The third-order valence-electron chi connectivity index (χ3n) is 2.58. The van der Waals surface area contributed by atoms with E-state index in [1.165, 1.54) is 0 Å². The molecule has 0 rings (SSSR count). The number of ether oxygens (including phenoxy) is 1. The van der Waals surface area contributed by atoms with Gasteiger partial charge in [-0.15, -0.1) is 0 Å². The summed E-state index contributed by atoms with van der Waals surface area (Å²) >= 11 is 0. The molecule has 19 heavy (non-hydrogen) atoms. The summed E-state index contributed by atoms with van der Waals surface area (Å²) in [4.78, 5) is 11.9. The maximum atomic E-state index is 11.9. The molecule has 114 valence electrons. The summed E-state index contributed by atoms with van der Waals surface area (Å²) < 4.78 is 35.2. The van der Waals surface area contributed by atoms with E-state index in [0.717, 1.165) is 0 Å². The molecule has 0 radical (unpaired) electrons. The van der Waals surface area contributed by atoms with Crippen LogP contribution in [-0.2, 0) is 19.6 Å². The van der Waals surface area contributed by atoms with E-state index in [-0.39, 0.29) is 30.6 Å². The molecule has 0 aromatic rings. The summed E-state index contributed by atoms with van der Waals surface area (Å²) in [5, 5.41) is 0. The molecular formula is C12H25NO5S. The molecule has 0 aromatic carbocycles. The minimum Gasteiger partial charge on any atom is -0.460 e. The highest BCUT2D eigenvalue weighted by molar-refractivity contribution is 7.85. The molecule has 2 atom stereocenters. The number of carbonyl (C=O) groups excluding carboxylic acids is 1. The van der Waals surface area contributed by atoms with Crippen molar-refractivity contribution in [1.29, 1.82) is 0 Å². The van der Waals surface area contributed by atoms with Crippen LogP contribution >= 0.6 is 0 Å². The molecule has 0 heterocycles. The molecule has 0 bridgehead atoms. The number of hydrogen-bond acceptors (Lipinski definition) is 5. The summed E-state index contributed by atoms with van der Waals surface area (Å²) in [6.07, 6.45) is 0.735. The molecule has 0 saturated heterocycles. The largest absolute Gasteiger partial charge is 0.460 e. The van der Waals surface area contributed by atoms with Crippen LogP contribution in [0.5, 0.6) is 0 Å².